The van der Waals surface area contributed by atoms with Crippen molar-refractivity contribution in [2.24, 2.45) is 0 Å². The third kappa shape index (κ3) is 15.2. The van der Waals surface area contributed by atoms with Crippen molar-refractivity contribution in [2.45, 2.75) is 116 Å². The molecule has 3 nitrogen and oxygen atoms in total. The van der Waals surface area contributed by atoms with Crippen molar-refractivity contribution >= 4 is 0 Å². The molecule has 3 N–H and O–H groups in total. The third-order valence-electron chi connectivity index (χ3n) is 4.46. The first-order valence-corrected chi connectivity index (χ1v) is 10.3. The Bertz CT molecular complexity index is 279. The molecule has 0 heterocycles. The first kappa shape index (κ1) is 23.6. The molecule has 0 aliphatic heterocycles. The quantitative estimate of drug-likeness (QED) is 0.259. The standard InChI is InChI=1S/C21H43NO2/c1-4-5-6-7-8-9-10-11-12-13-14-15-16-17-21(24)20(18-23)22-19(2)3/h16-17,19-24H,4-15,18H2,1-3H3/b17-16+/t20-,21-/m0/s1. The van der Waals surface area contributed by atoms with E-state index < -0.39 is 6.10 Å². The van der Waals surface area contributed by atoms with Crippen LogP contribution in [0.2, 0.25) is 0 Å². The normalized spacial score (nSPS) is 14.6. The van der Waals surface area contributed by atoms with Crippen molar-refractivity contribution in [3.63, 3.8) is 0 Å². The second-order valence-electron chi connectivity index (χ2n) is 7.35. The SMILES string of the molecule is CCCCCCCCCCCCC/C=C/[C@H](O)[C@H](CO)NC(C)C. The lowest BCUT2D eigenvalue weighted by Gasteiger charge is -2.22. The van der Waals surface area contributed by atoms with Crippen molar-refractivity contribution in [1.29, 1.82) is 0 Å². The van der Waals surface area contributed by atoms with Crippen LogP contribution in [0.3, 0.4) is 0 Å². The van der Waals surface area contributed by atoms with Crippen LogP contribution >= 0.6 is 0 Å². The van der Waals surface area contributed by atoms with Gasteiger partial charge in [-0.05, 0) is 12.8 Å². The first-order chi connectivity index (χ1) is 11.6. The van der Waals surface area contributed by atoms with Crippen LogP contribution in [0, 0.1) is 0 Å². The summed E-state index contributed by atoms with van der Waals surface area (Å²) < 4.78 is 0. The van der Waals surface area contributed by atoms with E-state index in [4.69, 9.17) is 0 Å². The highest BCUT2D eigenvalue weighted by atomic mass is 16.3. The Kier molecular flexibility index (Phi) is 17.2. The lowest BCUT2D eigenvalue weighted by Crippen LogP contribution is -2.45. The van der Waals surface area contributed by atoms with Gasteiger partial charge in [0.1, 0.15) is 0 Å². The molecule has 0 saturated carbocycles. The molecule has 24 heavy (non-hydrogen) atoms. The van der Waals surface area contributed by atoms with Gasteiger partial charge in [-0.3, -0.25) is 0 Å². The zero-order chi connectivity index (χ0) is 18.0. The van der Waals surface area contributed by atoms with Gasteiger partial charge in [-0.1, -0.05) is 97.1 Å². The molecule has 0 fully saturated rings. The fourth-order valence-electron chi connectivity index (χ4n) is 2.98. The predicted octanol–water partition coefficient (Wildman–Crippen LogP) is 4.96. The highest BCUT2D eigenvalue weighted by Crippen LogP contribution is 2.12. The second-order valence-corrected chi connectivity index (χ2v) is 7.35. The van der Waals surface area contributed by atoms with E-state index in [-0.39, 0.29) is 18.7 Å². The number of allylic oxidation sites excluding steroid dienone is 1. The summed E-state index contributed by atoms with van der Waals surface area (Å²) in [7, 11) is 0. The van der Waals surface area contributed by atoms with E-state index >= 15 is 0 Å². The van der Waals surface area contributed by atoms with Crippen LogP contribution < -0.4 is 5.32 Å². The van der Waals surface area contributed by atoms with E-state index in [1.165, 1.54) is 70.6 Å². The lowest BCUT2D eigenvalue weighted by molar-refractivity contribution is 0.118. The van der Waals surface area contributed by atoms with Gasteiger partial charge in [-0.15, -0.1) is 0 Å². The maximum Gasteiger partial charge on any atom is 0.0896 e. The molecule has 0 amide bonds. The smallest absolute Gasteiger partial charge is 0.0896 e. The molecule has 0 spiro atoms. The Morgan fingerprint density at radius 3 is 1.79 bits per heavy atom. The highest BCUT2D eigenvalue weighted by Gasteiger charge is 2.15. The van der Waals surface area contributed by atoms with Gasteiger partial charge in [0.2, 0.25) is 0 Å². The van der Waals surface area contributed by atoms with Gasteiger partial charge in [0, 0.05) is 6.04 Å². The molecule has 3 heteroatoms. The van der Waals surface area contributed by atoms with Crippen molar-refractivity contribution in [2.75, 3.05) is 6.61 Å². The first-order valence-electron chi connectivity index (χ1n) is 10.3. The Hall–Kier alpha value is -0.380. The maximum atomic E-state index is 10.0. The summed E-state index contributed by atoms with van der Waals surface area (Å²) in [5.74, 6) is 0. The molecule has 0 aliphatic carbocycles. The number of rotatable bonds is 17. The van der Waals surface area contributed by atoms with Gasteiger partial charge in [-0.25, -0.2) is 0 Å². The van der Waals surface area contributed by atoms with E-state index in [0.29, 0.717) is 0 Å². The molecule has 144 valence electrons. The molecule has 0 rings (SSSR count). The predicted molar refractivity (Wildman–Crippen MR) is 105 cm³/mol. The second kappa shape index (κ2) is 17.4. The summed E-state index contributed by atoms with van der Waals surface area (Å²) in [4.78, 5) is 0. The summed E-state index contributed by atoms with van der Waals surface area (Å²) in [6, 6.07) is -0.00424. The van der Waals surface area contributed by atoms with Crippen LogP contribution in [0.1, 0.15) is 97.8 Å². The molecule has 0 bridgehead atoms. The number of aliphatic hydroxyl groups is 2. The molecule has 0 radical (unpaired) electrons. The van der Waals surface area contributed by atoms with E-state index in [1.54, 1.807) is 0 Å². The van der Waals surface area contributed by atoms with Crippen LogP contribution in [-0.4, -0.2) is 35.0 Å². The van der Waals surface area contributed by atoms with Crippen LogP contribution in [0.15, 0.2) is 12.2 Å². The fraction of sp³-hybridized carbons (Fsp3) is 0.905. The summed E-state index contributed by atoms with van der Waals surface area (Å²) in [5, 5.41) is 22.5. The van der Waals surface area contributed by atoms with Crippen molar-refractivity contribution in [1.82, 2.24) is 5.32 Å². The van der Waals surface area contributed by atoms with E-state index in [9.17, 15) is 10.2 Å². The molecule has 0 aromatic rings. The molecular formula is C21H43NO2. The summed E-state index contributed by atoms with van der Waals surface area (Å²) in [6.45, 7) is 6.26. The minimum atomic E-state index is -0.606. The molecule has 0 aliphatic rings. The van der Waals surface area contributed by atoms with Crippen LogP contribution in [0.4, 0.5) is 0 Å². The summed E-state index contributed by atoms with van der Waals surface area (Å²) in [5.41, 5.74) is 0. The Labute approximate surface area is 150 Å². The maximum absolute atomic E-state index is 10.0. The third-order valence-corrected chi connectivity index (χ3v) is 4.46. The Balaban J connectivity index is 3.45. The number of nitrogens with one attached hydrogen (secondary N) is 1. The van der Waals surface area contributed by atoms with Crippen LogP contribution in [0.25, 0.3) is 0 Å². The largest absolute Gasteiger partial charge is 0.395 e. The molecular weight excluding hydrogens is 298 g/mol. The number of aliphatic hydroxyl groups excluding tert-OH is 2. The zero-order valence-corrected chi connectivity index (χ0v) is 16.5. The number of hydrogen-bond acceptors (Lipinski definition) is 3. The average Bonchev–Trinajstić information content (AvgIpc) is 2.56. The van der Waals surface area contributed by atoms with E-state index in [2.05, 4.69) is 18.3 Å². The van der Waals surface area contributed by atoms with Crippen molar-refractivity contribution in [3.8, 4) is 0 Å². The Morgan fingerprint density at radius 1 is 0.833 bits per heavy atom. The van der Waals surface area contributed by atoms with Crippen LogP contribution in [0.5, 0.6) is 0 Å². The molecule has 2 atom stereocenters. The van der Waals surface area contributed by atoms with Gasteiger partial charge >= 0.3 is 0 Å². The van der Waals surface area contributed by atoms with E-state index in [1.807, 2.05) is 19.9 Å². The topological polar surface area (TPSA) is 52.5 Å². The van der Waals surface area contributed by atoms with Gasteiger partial charge in [0.05, 0.1) is 18.8 Å². The minimum absolute atomic E-state index is 0.0396. The minimum Gasteiger partial charge on any atom is -0.395 e. The zero-order valence-electron chi connectivity index (χ0n) is 16.5. The molecule has 0 saturated heterocycles. The fourth-order valence-corrected chi connectivity index (χ4v) is 2.98. The Morgan fingerprint density at radius 2 is 1.33 bits per heavy atom. The molecule has 0 aromatic carbocycles. The van der Waals surface area contributed by atoms with E-state index in [0.717, 1.165) is 6.42 Å². The highest BCUT2D eigenvalue weighted by molar-refractivity contribution is 4.95. The monoisotopic (exact) mass is 341 g/mol. The average molecular weight is 342 g/mol. The molecule has 0 aromatic heterocycles. The summed E-state index contributed by atoms with van der Waals surface area (Å²) in [6.07, 6.45) is 19.2. The van der Waals surface area contributed by atoms with Crippen molar-refractivity contribution in [3.05, 3.63) is 12.2 Å². The van der Waals surface area contributed by atoms with Crippen molar-refractivity contribution < 1.29 is 10.2 Å². The van der Waals surface area contributed by atoms with Gasteiger partial charge < -0.3 is 15.5 Å². The number of hydrogen-bond donors (Lipinski definition) is 3. The molecule has 0 unspecified atom stereocenters. The lowest BCUT2D eigenvalue weighted by atomic mass is 10.0. The van der Waals surface area contributed by atoms with Crippen LogP contribution in [-0.2, 0) is 0 Å². The van der Waals surface area contributed by atoms with Gasteiger partial charge in [-0.2, -0.15) is 0 Å². The van der Waals surface area contributed by atoms with Gasteiger partial charge in [0.15, 0.2) is 0 Å². The van der Waals surface area contributed by atoms with Gasteiger partial charge in [0.25, 0.3) is 0 Å². The summed E-state index contributed by atoms with van der Waals surface area (Å²) >= 11 is 0. The number of unbranched alkanes of at least 4 members (excludes halogenated alkanes) is 11.